The molecule has 0 radical (unpaired) electrons. The standard InChI is InChI=1S/C20H30O4/c1-4-6-8-9-12-16(3)20(22)24-18-14-11-10-13-17(18)23-19(21)15-7-5-2/h10-11,13-14,16H,4-9,12,15H2,1-3H3. The van der Waals surface area contributed by atoms with Gasteiger partial charge >= 0.3 is 11.9 Å². The molecule has 0 aromatic heterocycles. The van der Waals surface area contributed by atoms with E-state index in [0.717, 1.165) is 32.1 Å². The van der Waals surface area contributed by atoms with Crippen molar-refractivity contribution < 1.29 is 19.1 Å². The molecular formula is C20H30O4. The minimum Gasteiger partial charge on any atom is -0.423 e. The molecule has 0 spiro atoms. The highest BCUT2D eigenvalue weighted by Crippen LogP contribution is 2.28. The molecule has 0 N–H and O–H groups in total. The molecule has 0 aliphatic heterocycles. The Morgan fingerprint density at radius 3 is 2.17 bits per heavy atom. The smallest absolute Gasteiger partial charge is 0.314 e. The largest absolute Gasteiger partial charge is 0.423 e. The highest BCUT2D eigenvalue weighted by atomic mass is 16.6. The molecule has 24 heavy (non-hydrogen) atoms. The average molecular weight is 334 g/mol. The molecule has 0 amide bonds. The van der Waals surface area contributed by atoms with Gasteiger partial charge in [0.15, 0.2) is 11.5 Å². The maximum Gasteiger partial charge on any atom is 0.314 e. The second kappa shape index (κ2) is 11.7. The Kier molecular flexibility index (Phi) is 9.81. The topological polar surface area (TPSA) is 52.6 Å². The van der Waals surface area contributed by atoms with Crippen LogP contribution in [0.5, 0.6) is 11.5 Å². The van der Waals surface area contributed by atoms with Crippen LogP contribution in [0.4, 0.5) is 0 Å². The number of carbonyl (C=O) groups excluding carboxylic acids is 2. The van der Waals surface area contributed by atoms with Crippen LogP contribution < -0.4 is 9.47 Å². The summed E-state index contributed by atoms with van der Waals surface area (Å²) in [6.45, 7) is 6.06. The fraction of sp³-hybridized carbons (Fsp3) is 0.600. The van der Waals surface area contributed by atoms with Gasteiger partial charge in [0.1, 0.15) is 0 Å². The minimum absolute atomic E-state index is 0.161. The molecule has 4 heteroatoms. The maximum atomic E-state index is 12.2. The second-order valence-corrected chi connectivity index (χ2v) is 6.20. The van der Waals surface area contributed by atoms with Crippen LogP contribution in [0, 0.1) is 5.92 Å². The lowest BCUT2D eigenvalue weighted by molar-refractivity contribution is -0.140. The third kappa shape index (κ3) is 7.62. The van der Waals surface area contributed by atoms with Gasteiger partial charge in [-0.2, -0.15) is 0 Å². The molecule has 1 rings (SSSR count). The summed E-state index contributed by atoms with van der Waals surface area (Å²) in [6.07, 6.45) is 7.44. The first-order valence-electron chi connectivity index (χ1n) is 9.09. The van der Waals surface area contributed by atoms with E-state index in [4.69, 9.17) is 9.47 Å². The van der Waals surface area contributed by atoms with Crippen LogP contribution in [0.1, 0.15) is 72.1 Å². The van der Waals surface area contributed by atoms with Crippen LogP contribution in [-0.4, -0.2) is 11.9 Å². The summed E-state index contributed by atoms with van der Waals surface area (Å²) in [5.41, 5.74) is 0. The molecule has 1 atom stereocenters. The molecule has 0 saturated heterocycles. The zero-order chi connectivity index (χ0) is 17.8. The quantitative estimate of drug-likeness (QED) is 0.313. The molecule has 0 saturated carbocycles. The Balaban J connectivity index is 2.57. The van der Waals surface area contributed by atoms with Gasteiger partial charge in [-0.1, -0.05) is 65.0 Å². The number of carbonyl (C=O) groups is 2. The van der Waals surface area contributed by atoms with Gasteiger partial charge in [0.25, 0.3) is 0 Å². The summed E-state index contributed by atoms with van der Waals surface area (Å²) >= 11 is 0. The number of unbranched alkanes of at least 4 members (excludes halogenated alkanes) is 4. The number of rotatable bonds is 11. The normalized spacial score (nSPS) is 11.8. The van der Waals surface area contributed by atoms with Crippen molar-refractivity contribution in [2.24, 2.45) is 5.92 Å². The van der Waals surface area contributed by atoms with Crippen LogP contribution in [0.2, 0.25) is 0 Å². The SMILES string of the molecule is CCCCCCC(C)C(=O)Oc1ccccc1OC(=O)CCCC. The first kappa shape index (κ1) is 20.2. The zero-order valence-electron chi connectivity index (χ0n) is 15.2. The third-order valence-corrected chi connectivity index (χ3v) is 3.91. The number of ether oxygens (including phenoxy) is 2. The van der Waals surface area contributed by atoms with E-state index in [1.165, 1.54) is 12.8 Å². The van der Waals surface area contributed by atoms with Gasteiger partial charge in [-0.3, -0.25) is 9.59 Å². The van der Waals surface area contributed by atoms with Crippen LogP contribution in [0.15, 0.2) is 24.3 Å². The molecule has 1 aromatic carbocycles. The number of hydrogen-bond acceptors (Lipinski definition) is 4. The molecule has 0 aliphatic rings. The van der Waals surface area contributed by atoms with Gasteiger partial charge in [0.2, 0.25) is 0 Å². The van der Waals surface area contributed by atoms with Gasteiger partial charge in [-0.15, -0.1) is 0 Å². The van der Waals surface area contributed by atoms with Crippen molar-refractivity contribution in [3.05, 3.63) is 24.3 Å². The summed E-state index contributed by atoms with van der Waals surface area (Å²) in [7, 11) is 0. The number of hydrogen-bond donors (Lipinski definition) is 0. The van der Waals surface area contributed by atoms with Gasteiger partial charge < -0.3 is 9.47 Å². The summed E-state index contributed by atoms with van der Waals surface area (Å²) in [5.74, 6) is -0.111. The van der Waals surface area contributed by atoms with Crippen LogP contribution >= 0.6 is 0 Å². The first-order valence-corrected chi connectivity index (χ1v) is 9.09. The van der Waals surface area contributed by atoms with Crippen molar-refractivity contribution in [1.82, 2.24) is 0 Å². The van der Waals surface area contributed by atoms with E-state index in [1.54, 1.807) is 24.3 Å². The highest BCUT2D eigenvalue weighted by Gasteiger charge is 2.18. The summed E-state index contributed by atoms with van der Waals surface area (Å²) in [6, 6.07) is 6.83. The molecule has 0 heterocycles. The molecule has 1 unspecified atom stereocenters. The lowest BCUT2D eigenvalue weighted by atomic mass is 10.0. The van der Waals surface area contributed by atoms with E-state index in [2.05, 4.69) is 6.92 Å². The Hall–Kier alpha value is -1.84. The lowest BCUT2D eigenvalue weighted by Gasteiger charge is -2.13. The van der Waals surface area contributed by atoms with Crippen molar-refractivity contribution in [1.29, 1.82) is 0 Å². The molecular weight excluding hydrogens is 304 g/mol. The van der Waals surface area contributed by atoms with Gasteiger partial charge in [0.05, 0.1) is 5.92 Å². The van der Waals surface area contributed by atoms with Crippen LogP contribution in [0.25, 0.3) is 0 Å². The maximum absolute atomic E-state index is 12.2. The number of benzene rings is 1. The number of para-hydroxylation sites is 2. The predicted octanol–water partition coefficient (Wildman–Crippen LogP) is 5.29. The predicted molar refractivity (Wildman–Crippen MR) is 95.2 cm³/mol. The Bertz CT molecular complexity index is 510. The van der Waals surface area contributed by atoms with E-state index < -0.39 is 0 Å². The molecule has 1 aromatic rings. The van der Waals surface area contributed by atoms with E-state index in [0.29, 0.717) is 17.9 Å². The molecule has 134 valence electrons. The van der Waals surface area contributed by atoms with Crippen molar-refractivity contribution >= 4 is 11.9 Å². The molecule has 0 bridgehead atoms. The highest BCUT2D eigenvalue weighted by molar-refractivity contribution is 5.77. The van der Waals surface area contributed by atoms with Crippen molar-refractivity contribution in [2.75, 3.05) is 0 Å². The van der Waals surface area contributed by atoms with Crippen LogP contribution in [-0.2, 0) is 9.59 Å². The van der Waals surface area contributed by atoms with Gasteiger partial charge in [-0.25, -0.2) is 0 Å². The minimum atomic E-state index is -0.298. The van der Waals surface area contributed by atoms with Crippen molar-refractivity contribution in [3.8, 4) is 11.5 Å². The van der Waals surface area contributed by atoms with Crippen LogP contribution in [0.3, 0.4) is 0 Å². The average Bonchev–Trinajstić information content (AvgIpc) is 2.58. The Labute approximate surface area is 145 Å². The molecule has 0 aliphatic carbocycles. The van der Waals surface area contributed by atoms with E-state index in [1.807, 2.05) is 13.8 Å². The lowest BCUT2D eigenvalue weighted by Crippen LogP contribution is -2.18. The fourth-order valence-corrected chi connectivity index (χ4v) is 2.32. The summed E-state index contributed by atoms with van der Waals surface area (Å²) in [4.78, 5) is 24.0. The monoisotopic (exact) mass is 334 g/mol. The van der Waals surface area contributed by atoms with Crippen molar-refractivity contribution in [2.45, 2.75) is 72.1 Å². The van der Waals surface area contributed by atoms with E-state index in [-0.39, 0.29) is 17.9 Å². The first-order chi connectivity index (χ1) is 11.6. The Morgan fingerprint density at radius 2 is 1.54 bits per heavy atom. The van der Waals surface area contributed by atoms with E-state index in [9.17, 15) is 9.59 Å². The van der Waals surface area contributed by atoms with Gasteiger partial charge in [-0.05, 0) is 25.0 Å². The number of esters is 2. The van der Waals surface area contributed by atoms with Gasteiger partial charge in [0, 0.05) is 6.42 Å². The third-order valence-electron chi connectivity index (χ3n) is 3.91. The Morgan fingerprint density at radius 1 is 0.917 bits per heavy atom. The summed E-state index contributed by atoms with van der Waals surface area (Å²) in [5, 5.41) is 0. The second-order valence-electron chi connectivity index (χ2n) is 6.20. The van der Waals surface area contributed by atoms with Crippen molar-refractivity contribution in [3.63, 3.8) is 0 Å². The molecule has 0 fully saturated rings. The molecule has 4 nitrogen and oxygen atoms in total. The zero-order valence-corrected chi connectivity index (χ0v) is 15.2. The fourth-order valence-electron chi connectivity index (χ4n) is 2.32. The summed E-state index contributed by atoms with van der Waals surface area (Å²) < 4.78 is 10.8. The van der Waals surface area contributed by atoms with E-state index >= 15 is 0 Å².